The molecule has 0 fully saturated rings. The minimum Gasteiger partial charge on any atom is -0.380 e. The molecule has 0 rings (SSSR count). The summed E-state index contributed by atoms with van der Waals surface area (Å²) >= 11 is 0. The quantitative estimate of drug-likeness (QED) is 0.443. The van der Waals surface area contributed by atoms with Crippen molar-refractivity contribution in [3.8, 4) is 0 Å². The maximum atomic E-state index is 5.45. The second-order valence-corrected chi connectivity index (χ2v) is 5.00. The van der Waals surface area contributed by atoms with Crippen LogP contribution in [0.1, 0.15) is 46.5 Å². The van der Waals surface area contributed by atoms with Gasteiger partial charge in [-0.05, 0) is 46.3 Å². The third-order valence-electron chi connectivity index (χ3n) is 3.34. The molecule has 4 heteroatoms. The van der Waals surface area contributed by atoms with Gasteiger partial charge in [0.2, 0.25) is 0 Å². The van der Waals surface area contributed by atoms with Gasteiger partial charge in [0.15, 0.2) is 0 Å². The number of hydrogen-bond acceptors (Lipinski definition) is 4. The van der Waals surface area contributed by atoms with Crippen LogP contribution < -0.4 is 5.32 Å². The molecule has 0 heterocycles. The zero-order valence-electron chi connectivity index (χ0n) is 14.0. The molecule has 0 aromatic rings. The normalized spacial score (nSPS) is 11.4. The lowest BCUT2D eigenvalue weighted by atomic mass is 10.2. The molecule has 0 amide bonds. The van der Waals surface area contributed by atoms with Crippen molar-refractivity contribution in [3.63, 3.8) is 0 Å². The van der Waals surface area contributed by atoms with Crippen LogP contribution >= 0.6 is 0 Å². The van der Waals surface area contributed by atoms with E-state index in [2.05, 4.69) is 31.0 Å². The molecule has 0 atom stereocenters. The molecule has 20 heavy (non-hydrogen) atoms. The molecule has 0 aliphatic rings. The minimum atomic E-state index is 0.809. The van der Waals surface area contributed by atoms with Gasteiger partial charge >= 0.3 is 0 Å². The number of rotatable bonds is 16. The highest BCUT2D eigenvalue weighted by atomic mass is 16.5. The summed E-state index contributed by atoms with van der Waals surface area (Å²) in [5.41, 5.74) is 0. The topological polar surface area (TPSA) is 33.7 Å². The van der Waals surface area contributed by atoms with Crippen molar-refractivity contribution in [1.29, 1.82) is 0 Å². The molecule has 0 saturated heterocycles. The summed E-state index contributed by atoms with van der Waals surface area (Å²) in [6.45, 7) is 15.0. The Morgan fingerprint density at radius 2 is 1.35 bits per heavy atom. The second kappa shape index (κ2) is 16.9. The molecule has 4 nitrogen and oxygen atoms in total. The van der Waals surface area contributed by atoms with Gasteiger partial charge in [-0.2, -0.15) is 0 Å². The van der Waals surface area contributed by atoms with Crippen molar-refractivity contribution in [2.45, 2.75) is 46.5 Å². The molecular weight excluding hydrogens is 252 g/mol. The van der Waals surface area contributed by atoms with Gasteiger partial charge in [0, 0.05) is 26.3 Å². The molecule has 0 spiro atoms. The van der Waals surface area contributed by atoms with Gasteiger partial charge in [0.25, 0.3) is 0 Å². The third-order valence-corrected chi connectivity index (χ3v) is 3.34. The van der Waals surface area contributed by atoms with Crippen LogP contribution in [0.4, 0.5) is 0 Å². The summed E-state index contributed by atoms with van der Waals surface area (Å²) < 4.78 is 10.9. The monoisotopic (exact) mass is 288 g/mol. The lowest BCUT2D eigenvalue weighted by Crippen LogP contribution is -2.32. The Morgan fingerprint density at radius 3 is 1.90 bits per heavy atom. The highest BCUT2D eigenvalue weighted by Crippen LogP contribution is 2.02. The zero-order chi connectivity index (χ0) is 14.9. The summed E-state index contributed by atoms with van der Waals surface area (Å²) in [7, 11) is 0. The van der Waals surface area contributed by atoms with Crippen LogP contribution in [0.25, 0.3) is 0 Å². The molecule has 0 bridgehead atoms. The number of unbranched alkanes of at least 4 members (excludes halogenated alkanes) is 3. The first-order valence-electron chi connectivity index (χ1n) is 8.43. The van der Waals surface area contributed by atoms with E-state index in [9.17, 15) is 0 Å². The largest absolute Gasteiger partial charge is 0.380 e. The lowest BCUT2D eigenvalue weighted by molar-refractivity contribution is 0.0820. The fourth-order valence-electron chi connectivity index (χ4n) is 2.13. The molecule has 0 unspecified atom stereocenters. The van der Waals surface area contributed by atoms with Crippen LogP contribution in [-0.4, -0.2) is 64.1 Å². The summed E-state index contributed by atoms with van der Waals surface area (Å²) in [4.78, 5) is 2.47. The Hall–Kier alpha value is -0.160. The van der Waals surface area contributed by atoms with E-state index in [0.717, 1.165) is 52.6 Å². The molecule has 1 N–H and O–H groups in total. The maximum Gasteiger partial charge on any atom is 0.0593 e. The molecule has 0 saturated carbocycles. The van der Waals surface area contributed by atoms with Gasteiger partial charge in [-0.25, -0.2) is 0 Å². The first-order valence-corrected chi connectivity index (χ1v) is 8.43. The third kappa shape index (κ3) is 14.3. The summed E-state index contributed by atoms with van der Waals surface area (Å²) in [6, 6.07) is 0. The van der Waals surface area contributed by atoms with Crippen LogP contribution in [0.3, 0.4) is 0 Å². The van der Waals surface area contributed by atoms with Crippen molar-refractivity contribution >= 4 is 0 Å². The molecule has 0 aromatic carbocycles. The van der Waals surface area contributed by atoms with Gasteiger partial charge in [-0.15, -0.1) is 0 Å². The Kier molecular flexibility index (Phi) is 16.8. The predicted octanol–water partition coefficient (Wildman–Crippen LogP) is 2.53. The van der Waals surface area contributed by atoms with E-state index in [1.54, 1.807) is 0 Å². The second-order valence-electron chi connectivity index (χ2n) is 5.00. The highest BCUT2D eigenvalue weighted by Gasteiger charge is 2.04. The van der Waals surface area contributed by atoms with E-state index in [4.69, 9.17) is 9.47 Å². The Bertz CT molecular complexity index is 170. The van der Waals surface area contributed by atoms with E-state index in [1.807, 2.05) is 0 Å². The molecule has 0 radical (unpaired) electrons. The molecular formula is C16H36N2O2. The summed E-state index contributed by atoms with van der Waals surface area (Å²) in [6.07, 6.45) is 5.24. The maximum absolute atomic E-state index is 5.45. The van der Waals surface area contributed by atoms with E-state index in [1.165, 1.54) is 32.2 Å². The molecule has 0 aliphatic heterocycles. The smallest absolute Gasteiger partial charge is 0.0593 e. The Balaban J connectivity index is 3.56. The number of nitrogens with zero attached hydrogens (tertiary/aromatic N) is 1. The molecule has 0 aromatic heterocycles. The molecule has 122 valence electrons. The number of ether oxygens (including phenoxy) is 2. The van der Waals surface area contributed by atoms with Crippen LogP contribution in [0.15, 0.2) is 0 Å². The van der Waals surface area contributed by atoms with Crippen LogP contribution in [0, 0.1) is 0 Å². The van der Waals surface area contributed by atoms with Crippen molar-refractivity contribution in [2.24, 2.45) is 0 Å². The Labute approximate surface area is 126 Å². The first-order chi connectivity index (χ1) is 9.85. The van der Waals surface area contributed by atoms with E-state index < -0.39 is 0 Å². The number of nitrogens with one attached hydrogen (secondary N) is 1. The minimum absolute atomic E-state index is 0.809. The van der Waals surface area contributed by atoms with Crippen LogP contribution in [0.5, 0.6) is 0 Å². The zero-order valence-corrected chi connectivity index (χ0v) is 14.0. The summed E-state index contributed by atoms with van der Waals surface area (Å²) in [5, 5.41) is 3.37. The van der Waals surface area contributed by atoms with Gasteiger partial charge in [0.1, 0.15) is 0 Å². The first kappa shape index (κ1) is 19.8. The van der Waals surface area contributed by atoms with Gasteiger partial charge in [-0.1, -0.05) is 19.8 Å². The van der Waals surface area contributed by atoms with Gasteiger partial charge in [0.05, 0.1) is 13.2 Å². The van der Waals surface area contributed by atoms with Crippen molar-refractivity contribution < 1.29 is 9.47 Å². The fraction of sp³-hybridized carbons (Fsp3) is 1.00. The number of hydrogen-bond donors (Lipinski definition) is 1. The van der Waals surface area contributed by atoms with Gasteiger partial charge in [-0.3, -0.25) is 4.90 Å². The van der Waals surface area contributed by atoms with E-state index in [0.29, 0.717) is 0 Å². The standard InChI is InChI=1S/C16H36N2O2/c1-4-17-11-9-7-8-10-12-18(13-15-19-5-2)14-16-20-6-3/h17H,4-16H2,1-3H3. The highest BCUT2D eigenvalue weighted by molar-refractivity contribution is 4.58. The average Bonchev–Trinajstić information content (AvgIpc) is 2.46. The fourth-order valence-corrected chi connectivity index (χ4v) is 2.13. The SMILES string of the molecule is CCNCCCCCCN(CCOCC)CCOCC. The lowest BCUT2D eigenvalue weighted by Gasteiger charge is -2.22. The van der Waals surface area contributed by atoms with Crippen LogP contribution in [-0.2, 0) is 9.47 Å². The van der Waals surface area contributed by atoms with Crippen molar-refractivity contribution in [1.82, 2.24) is 10.2 Å². The summed E-state index contributed by atoms with van der Waals surface area (Å²) in [5.74, 6) is 0. The average molecular weight is 288 g/mol. The van der Waals surface area contributed by atoms with E-state index in [-0.39, 0.29) is 0 Å². The van der Waals surface area contributed by atoms with E-state index >= 15 is 0 Å². The molecule has 0 aliphatic carbocycles. The predicted molar refractivity (Wildman–Crippen MR) is 86.4 cm³/mol. The Morgan fingerprint density at radius 1 is 0.750 bits per heavy atom. The van der Waals surface area contributed by atoms with Crippen LogP contribution in [0.2, 0.25) is 0 Å². The van der Waals surface area contributed by atoms with Crippen molar-refractivity contribution in [2.75, 3.05) is 59.2 Å². The van der Waals surface area contributed by atoms with Crippen molar-refractivity contribution in [3.05, 3.63) is 0 Å². The van der Waals surface area contributed by atoms with Gasteiger partial charge < -0.3 is 14.8 Å².